The van der Waals surface area contributed by atoms with E-state index in [9.17, 15) is 5.11 Å². The lowest BCUT2D eigenvalue weighted by molar-refractivity contribution is -0.114. The molecule has 0 aromatic heterocycles. The minimum atomic E-state index is -2.84. The Bertz CT molecular complexity index is 1200. The molecule has 1 N–H and O–H groups in total. The number of halogens is 2. The Hall–Kier alpha value is -1.98. The van der Waals surface area contributed by atoms with Gasteiger partial charge in [0.2, 0.25) is 0 Å². The third-order valence-corrected chi connectivity index (χ3v) is 11.5. The molecule has 2 heterocycles. The number of aromatic hydroxyl groups is 1. The number of nitrogens with zero attached hydrogens (tertiary/aromatic N) is 2. The molecule has 3 saturated carbocycles. The lowest BCUT2D eigenvalue weighted by atomic mass is 9.43. The molecule has 2 aromatic carbocycles. The first-order chi connectivity index (χ1) is 17.4. The minimum absolute atomic E-state index is 0.0222. The van der Waals surface area contributed by atoms with Crippen molar-refractivity contribution in [1.82, 2.24) is 9.80 Å². The van der Waals surface area contributed by atoms with Gasteiger partial charge in [0, 0.05) is 36.2 Å². The summed E-state index contributed by atoms with van der Waals surface area (Å²) in [5, 5.41) is 10.6. The number of piperidine rings is 1. The van der Waals surface area contributed by atoms with Crippen molar-refractivity contribution in [2.45, 2.75) is 68.4 Å². The lowest BCUT2D eigenvalue weighted by Gasteiger charge is -2.66. The smallest absolute Gasteiger partial charge is 0.285 e. The van der Waals surface area contributed by atoms with Gasteiger partial charge >= 0.3 is 0 Å². The third kappa shape index (κ3) is 2.79. The van der Waals surface area contributed by atoms with E-state index in [1.807, 2.05) is 12.1 Å². The number of likely N-dealkylation sites (tertiary alicyclic amines) is 2. The molecule has 6 atom stereocenters. The van der Waals surface area contributed by atoms with Gasteiger partial charge in [0.1, 0.15) is 5.75 Å². The predicted molar refractivity (Wildman–Crippen MR) is 135 cm³/mol. The standard InChI is InChI=1S/C31H36F2N2O/c32-31(33,23-4-2-1-3-5-23)19-35-18-22-16-29-11-10-26(35)28(22)30(29)12-13-34(17-20-6-7-20)27(29)14-21-8-9-24(36)15-25(21)30/h1-5,8-9,15,20,22,26-28,36H,6-7,10-14,16-19H2/t22-,26?,27?,28?,29?,30?/m1/s1. The number of rotatable bonds is 5. The average molecular weight is 491 g/mol. The van der Waals surface area contributed by atoms with Gasteiger partial charge in [-0.25, -0.2) is 0 Å². The van der Waals surface area contributed by atoms with Gasteiger partial charge in [-0.05, 0) is 97.9 Å². The molecule has 2 saturated heterocycles. The van der Waals surface area contributed by atoms with Crippen molar-refractivity contribution in [3.05, 3.63) is 65.2 Å². The van der Waals surface area contributed by atoms with E-state index in [1.54, 1.807) is 24.3 Å². The Labute approximate surface area is 212 Å². The van der Waals surface area contributed by atoms with E-state index >= 15 is 8.78 Å². The normalized spacial score (nSPS) is 39.2. The largest absolute Gasteiger partial charge is 0.508 e. The lowest BCUT2D eigenvalue weighted by Crippen LogP contribution is -2.69. The molecule has 6 aliphatic rings. The van der Waals surface area contributed by atoms with Crippen LogP contribution in [0.15, 0.2) is 48.5 Å². The molecule has 190 valence electrons. The molecule has 5 fully saturated rings. The maximum absolute atomic E-state index is 15.5. The summed E-state index contributed by atoms with van der Waals surface area (Å²) in [5.74, 6) is -0.708. The van der Waals surface area contributed by atoms with Crippen molar-refractivity contribution < 1.29 is 13.9 Å². The van der Waals surface area contributed by atoms with Crippen molar-refractivity contribution in [3.63, 3.8) is 0 Å². The number of phenolic OH excluding ortho intramolecular Hbond substituents is 1. The van der Waals surface area contributed by atoms with Gasteiger partial charge in [0.15, 0.2) is 0 Å². The highest BCUT2D eigenvalue weighted by Gasteiger charge is 2.76. The van der Waals surface area contributed by atoms with Crippen LogP contribution in [0.5, 0.6) is 5.75 Å². The average Bonchev–Trinajstić information content (AvgIpc) is 3.58. The van der Waals surface area contributed by atoms with Crippen LogP contribution in [0.4, 0.5) is 8.78 Å². The van der Waals surface area contributed by atoms with Gasteiger partial charge in [0.25, 0.3) is 5.92 Å². The second-order valence-corrected chi connectivity index (χ2v) is 13.0. The Kier molecular flexibility index (Phi) is 4.48. The SMILES string of the molecule is Oc1ccc2c(c1)C13CCN(CC4CC4)C(C2)C12CCC1C3[C@@H](CN1CC(F)(F)c1ccccc1)C2. The summed E-state index contributed by atoms with van der Waals surface area (Å²) in [6.45, 7) is 2.98. The number of hydrogen-bond acceptors (Lipinski definition) is 3. The zero-order valence-corrected chi connectivity index (χ0v) is 20.9. The monoisotopic (exact) mass is 490 g/mol. The van der Waals surface area contributed by atoms with Crippen LogP contribution in [0, 0.1) is 23.2 Å². The topological polar surface area (TPSA) is 26.7 Å². The first-order valence-electron chi connectivity index (χ1n) is 14.2. The zero-order valence-electron chi connectivity index (χ0n) is 20.9. The number of fused-ring (bicyclic) bond motifs is 1. The zero-order chi connectivity index (χ0) is 24.3. The van der Waals surface area contributed by atoms with E-state index < -0.39 is 5.92 Å². The van der Waals surface area contributed by atoms with Crippen LogP contribution in [0.25, 0.3) is 0 Å². The molecule has 2 aliphatic heterocycles. The van der Waals surface area contributed by atoms with Crippen LogP contribution in [-0.4, -0.2) is 53.2 Å². The summed E-state index contributed by atoms with van der Waals surface area (Å²) in [5.41, 5.74) is 3.17. The molecule has 0 amide bonds. The van der Waals surface area contributed by atoms with Crippen LogP contribution < -0.4 is 0 Å². The van der Waals surface area contributed by atoms with Crippen molar-refractivity contribution in [3.8, 4) is 5.75 Å². The summed E-state index contributed by atoms with van der Waals surface area (Å²) >= 11 is 0. The fourth-order valence-corrected chi connectivity index (χ4v) is 10.3. The van der Waals surface area contributed by atoms with Crippen LogP contribution in [0.3, 0.4) is 0 Å². The number of alkyl halides is 2. The number of benzene rings is 2. The van der Waals surface area contributed by atoms with Gasteiger partial charge in [-0.3, -0.25) is 9.80 Å². The Morgan fingerprint density at radius 2 is 1.83 bits per heavy atom. The van der Waals surface area contributed by atoms with E-state index in [4.69, 9.17) is 0 Å². The molecule has 8 rings (SSSR count). The van der Waals surface area contributed by atoms with Gasteiger partial charge in [-0.1, -0.05) is 36.4 Å². The van der Waals surface area contributed by atoms with Crippen molar-refractivity contribution in [2.24, 2.45) is 23.2 Å². The molecule has 5 heteroatoms. The first kappa shape index (κ1) is 22.0. The molecule has 3 nitrogen and oxygen atoms in total. The number of hydrogen-bond donors (Lipinski definition) is 1. The van der Waals surface area contributed by atoms with E-state index in [0.29, 0.717) is 23.6 Å². The minimum Gasteiger partial charge on any atom is -0.508 e. The molecular weight excluding hydrogens is 454 g/mol. The van der Waals surface area contributed by atoms with Crippen LogP contribution in [0.2, 0.25) is 0 Å². The summed E-state index contributed by atoms with van der Waals surface area (Å²) < 4.78 is 31.0. The van der Waals surface area contributed by atoms with Crippen LogP contribution in [0.1, 0.15) is 55.2 Å². The molecule has 2 aromatic rings. The Balaban J connectivity index is 1.20. The summed E-state index contributed by atoms with van der Waals surface area (Å²) in [6, 6.07) is 15.3. The van der Waals surface area contributed by atoms with Gasteiger partial charge in [-0.15, -0.1) is 0 Å². The van der Waals surface area contributed by atoms with Gasteiger partial charge in [0.05, 0.1) is 6.54 Å². The van der Waals surface area contributed by atoms with Crippen LogP contribution >= 0.6 is 0 Å². The summed E-state index contributed by atoms with van der Waals surface area (Å²) in [4.78, 5) is 5.01. The van der Waals surface area contributed by atoms with E-state index in [2.05, 4.69) is 21.9 Å². The molecule has 0 radical (unpaired) electrons. The molecule has 5 unspecified atom stereocenters. The Morgan fingerprint density at radius 1 is 1.00 bits per heavy atom. The molecule has 0 spiro atoms. The molecule has 36 heavy (non-hydrogen) atoms. The van der Waals surface area contributed by atoms with Gasteiger partial charge < -0.3 is 5.11 Å². The summed E-state index contributed by atoms with van der Waals surface area (Å²) in [6.07, 6.45) is 8.31. The fourth-order valence-electron chi connectivity index (χ4n) is 10.3. The van der Waals surface area contributed by atoms with Crippen LogP contribution in [-0.2, 0) is 17.8 Å². The molecule has 4 bridgehead atoms. The quantitative estimate of drug-likeness (QED) is 0.594. The van der Waals surface area contributed by atoms with Gasteiger partial charge in [-0.2, -0.15) is 8.78 Å². The summed E-state index contributed by atoms with van der Waals surface area (Å²) in [7, 11) is 0. The fraction of sp³-hybridized carbons (Fsp3) is 0.613. The third-order valence-electron chi connectivity index (χ3n) is 11.5. The maximum Gasteiger partial charge on any atom is 0.285 e. The Morgan fingerprint density at radius 3 is 2.64 bits per heavy atom. The highest BCUT2D eigenvalue weighted by molar-refractivity contribution is 5.50. The van der Waals surface area contributed by atoms with Crippen molar-refractivity contribution >= 4 is 0 Å². The number of phenols is 1. The second kappa shape index (κ2) is 7.32. The maximum atomic E-state index is 15.5. The highest BCUT2D eigenvalue weighted by Crippen LogP contribution is 2.75. The van der Waals surface area contributed by atoms with Crippen molar-refractivity contribution in [1.29, 1.82) is 0 Å². The molecular formula is C31H36F2N2O. The van der Waals surface area contributed by atoms with E-state index in [0.717, 1.165) is 44.7 Å². The van der Waals surface area contributed by atoms with E-state index in [-0.39, 0.29) is 29.0 Å². The first-order valence-corrected chi connectivity index (χ1v) is 14.2. The van der Waals surface area contributed by atoms with Crippen molar-refractivity contribution in [2.75, 3.05) is 26.2 Å². The highest BCUT2D eigenvalue weighted by atomic mass is 19.3. The predicted octanol–water partition coefficient (Wildman–Crippen LogP) is 5.56. The molecule has 4 aliphatic carbocycles. The van der Waals surface area contributed by atoms with E-state index in [1.165, 1.54) is 36.9 Å². The second-order valence-electron chi connectivity index (χ2n) is 13.0.